The average molecular weight is 413 g/mol. The van der Waals surface area contributed by atoms with Crippen LogP contribution in [0.15, 0.2) is 77.6 Å². The molecule has 1 amide bonds. The Kier molecular flexibility index (Phi) is 5.54. The van der Waals surface area contributed by atoms with E-state index in [0.717, 1.165) is 0 Å². The van der Waals surface area contributed by atoms with Gasteiger partial charge in [-0.2, -0.15) is 9.78 Å². The van der Waals surface area contributed by atoms with Crippen molar-refractivity contribution < 1.29 is 9.53 Å². The van der Waals surface area contributed by atoms with Gasteiger partial charge in [-0.15, -0.1) is 0 Å². The molecule has 0 aliphatic rings. The van der Waals surface area contributed by atoms with Crippen molar-refractivity contribution in [2.75, 3.05) is 12.4 Å². The Bertz CT molecular complexity index is 1310. The summed E-state index contributed by atoms with van der Waals surface area (Å²) in [6.45, 7) is 4.23. The number of benzene rings is 3. The van der Waals surface area contributed by atoms with E-state index in [1.807, 2.05) is 30.3 Å². The Morgan fingerprint density at radius 1 is 0.935 bits per heavy atom. The predicted molar refractivity (Wildman–Crippen MR) is 122 cm³/mol. The van der Waals surface area contributed by atoms with Crippen molar-refractivity contribution in [3.63, 3.8) is 0 Å². The summed E-state index contributed by atoms with van der Waals surface area (Å²) in [5.41, 5.74) is 2.16. The average Bonchev–Trinajstić information content (AvgIpc) is 2.80. The number of carbonyl (C=O) groups excluding carboxylic acids is 1. The number of hydrogen-bond donors (Lipinski definition) is 1. The maximum Gasteiger partial charge on any atom is 0.279 e. The second-order valence-corrected chi connectivity index (χ2v) is 7.51. The smallest absolute Gasteiger partial charge is 0.279 e. The van der Waals surface area contributed by atoms with E-state index in [2.05, 4.69) is 24.3 Å². The minimum atomic E-state index is -0.392. The van der Waals surface area contributed by atoms with E-state index >= 15 is 0 Å². The number of hydrogen-bond acceptors (Lipinski definition) is 4. The quantitative estimate of drug-likeness (QED) is 0.511. The highest BCUT2D eigenvalue weighted by Crippen LogP contribution is 2.23. The Labute approximate surface area is 180 Å². The maximum absolute atomic E-state index is 13.2. The molecule has 31 heavy (non-hydrogen) atoms. The zero-order valence-electron chi connectivity index (χ0n) is 17.6. The third kappa shape index (κ3) is 3.92. The second kappa shape index (κ2) is 8.44. The number of ether oxygens (including phenoxy) is 1. The summed E-state index contributed by atoms with van der Waals surface area (Å²) in [6, 6.07) is 21.8. The molecule has 0 aliphatic carbocycles. The number of aromatic nitrogens is 2. The van der Waals surface area contributed by atoms with Crippen molar-refractivity contribution in [1.82, 2.24) is 9.78 Å². The Morgan fingerprint density at radius 3 is 2.26 bits per heavy atom. The van der Waals surface area contributed by atoms with E-state index in [1.54, 1.807) is 42.5 Å². The third-order valence-corrected chi connectivity index (χ3v) is 5.17. The largest absolute Gasteiger partial charge is 0.494 e. The summed E-state index contributed by atoms with van der Waals surface area (Å²) in [5, 5.41) is 8.23. The van der Waals surface area contributed by atoms with Gasteiger partial charge in [-0.05, 0) is 41.8 Å². The SMILES string of the molecule is COc1ccccc1-n1nc(C(=O)Nc2ccc(C(C)C)cc2)c2ccccc2c1=O. The first-order valence-electron chi connectivity index (χ1n) is 10.1. The van der Waals surface area contributed by atoms with Gasteiger partial charge >= 0.3 is 0 Å². The van der Waals surface area contributed by atoms with Crippen LogP contribution in [0.1, 0.15) is 35.8 Å². The van der Waals surface area contributed by atoms with Crippen LogP contribution < -0.4 is 15.6 Å². The van der Waals surface area contributed by atoms with E-state index in [0.29, 0.717) is 33.8 Å². The fourth-order valence-corrected chi connectivity index (χ4v) is 3.47. The number of para-hydroxylation sites is 2. The van der Waals surface area contributed by atoms with Gasteiger partial charge < -0.3 is 10.1 Å². The molecule has 0 saturated heterocycles. The van der Waals surface area contributed by atoms with Crippen molar-refractivity contribution in [2.45, 2.75) is 19.8 Å². The maximum atomic E-state index is 13.2. The molecular formula is C25H23N3O3. The minimum Gasteiger partial charge on any atom is -0.494 e. The monoisotopic (exact) mass is 413 g/mol. The van der Waals surface area contributed by atoms with Crippen LogP contribution in [0, 0.1) is 0 Å². The Hall–Kier alpha value is -3.93. The predicted octanol–water partition coefficient (Wildman–Crippen LogP) is 4.77. The summed E-state index contributed by atoms with van der Waals surface area (Å²) >= 11 is 0. The highest BCUT2D eigenvalue weighted by atomic mass is 16.5. The molecule has 1 heterocycles. The molecule has 0 radical (unpaired) electrons. The number of amides is 1. The molecule has 1 aromatic heterocycles. The van der Waals surface area contributed by atoms with Crippen LogP contribution in [-0.4, -0.2) is 22.8 Å². The fraction of sp³-hybridized carbons (Fsp3) is 0.160. The number of methoxy groups -OCH3 is 1. The van der Waals surface area contributed by atoms with Gasteiger partial charge in [0.2, 0.25) is 0 Å². The topological polar surface area (TPSA) is 73.2 Å². The molecule has 0 saturated carbocycles. The molecule has 4 aromatic rings. The van der Waals surface area contributed by atoms with Gasteiger partial charge in [0.15, 0.2) is 5.69 Å². The first-order valence-corrected chi connectivity index (χ1v) is 10.1. The molecule has 156 valence electrons. The highest BCUT2D eigenvalue weighted by molar-refractivity contribution is 6.11. The molecule has 1 N–H and O–H groups in total. The van der Waals surface area contributed by atoms with Gasteiger partial charge in [0.25, 0.3) is 11.5 Å². The zero-order valence-corrected chi connectivity index (χ0v) is 17.6. The fourth-order valence-electron chi connectivity index (χ4n) is 3.47. The summed E-state index contributed by atoms with van der Waals surface area (Å²) in [7, 11) is 1.53. The Morgan fingerprint density at radius 2 is 1.58 bits per heavy atom. The van der Waals surface area contributed by atoms with Crippen LogP contribution in [0.5, 0.6) is 5.75 Å². The van der Waals surface area contributed by atoms with E-state index in [1.165, 1.54) is 17.4 Å². The van der Waals surface area contributed by atoms with Gasteiger partial charge in [-0.25, -0.2) is 0 Å². The van der Waals surface area contributed by atoms with Crippen LogP contribution in [0.3, 0.4) is 0 Å². The van der Waals surface area contributed by atoms with Gasteiger partial charge in [-0.3, -0.25) is 9.59 Å². The summed E-state index contributed by atoms with van der Waals surface area (Å²) in [4.78, 5) is 26.3. The van der Waals surface area contributed by atoms with Gasteiger partial charge in [0, 0.05) is 11.1 Å². The molecule has 6 heteroatoms. The summed E-state index contributed by atoms with van der Waals surface area (Å²) in [6.07, 6.45) is 0. The lowest BCUT2D eigenvalue weighted by molar-refractivity contribution is 0.102. The number of carbonyl (C=O) groups is 1. The van der Waals surface area contributed by atoms with Crippen molar-refractivity contribution in [1.29, 1.82) is 0 Å². The zero-order chi connectivity index (χ0) is 22.0. The van der Waals surface area contributed by atoms with Crippen LogP contribution in [0.2, 0.25) is 0 Å². The minimum absolute atomic E-state index is 0.161. The number of nitrogens with zero attached hydrogens (tertiary/aromatic N) is 2. The number of fused-ring (bicyclic) bond motifs is 1. The lowest BCUT2D eigenvalue weighted by Gasteiger charge is -2.14. The molecule has 0 aliphatic heterocycles. The Balaban J connectivity index is 1.82. The van der Waals surface area contributed by atoms with Crippen molar-refractivity contribution in [3.8, 4) is 11.4 Å². The lowest BCUT2D eigenvalue weighted by atomic mass is 10.0. The van der Waals surface area contributed by atoms with E-state index in [4.69, 9.17) is 4.74 Å². The van der Waals surface area contributed by atoms with Crippen LogP contribution in [0.25, 0.3) is 16.5 Å². The van der Waals surface area contributed by atoms with Gasteiger partial charge in [-0.1, -0.05) is 56.3 Å². The lowest BCUT2D eigenvalue weighted by Crippen LogP contribution is -2.26. The van der Waals surface area contributed by atoms with E-state index in [9.17, 15) is 9.59 Å². The molecule has 0 unspecified atom stereocenters. The highest BCUT2D eigenvalue weighted by Gasteiger charge is 2.19. The molecule has 0 fully saturated rings. The standard InChI is InChI=1S/C25H23N3O3/c1-16(2)17-12-14-18(15-13-17)26-24(29)23-19-8-4-5-9-20(19)25(30)28(27-23)21-10-6-7-11-22(21)31-3/h4-16H,1-3H3,(H,26,29). The molecule has 0 spiro atoms. The molecule has 3 aromatic carbocycles. The van der Waals surface area contributed by atoms with Crippen LogP contribution in [0.4, 0.5) is 5.69 Å². The molecule has 0 bridgehead atoms. The second-order valence-electron chi connectivity index (χ2n) is 7.51. The van der Waals surface area contributed by atoms with E-state index in [-0.39, 0.29) is 11.3 Å². The molecule has 6 nitrogen and oxygen atoms in total. The summed E-state index contributed by atoms with van der Waals surface area (Å²) < 4.78 is 6.61. The van der Waals surface area contributed by atoms with Crippen LogP contribution >= 0.6 is 0 Å². The van der Waals surface area contributed by atoms with E-state index < -0.39 is 5.91 Å². The van der Waals surface area contributed by atoms with Crippen molar-refractivity contribution in [3.05, 3.63) is 94.4 Å². The number of nitrogens with one attached hydrogen (secondary N) is 1. The van der Waals surface area contributed by atoms with Crippen molar-refractivity contribution in [2.24, 2.45) is 0 Å². The molecule has 0 atom stereocenters. The van der Waals surface area contributed by atoms with Crippen LogP contribution in [-0.2, 0) is 0 Å². The number of anilines is 1. The first-order chi connectivity index (χ1) is 15.0. The van der Waals surface area contributed by atoms with Crippen molar-refractivity contribution >= 4 is 22.4 Å². The van der Waals surface area contributed by atoms with Gasteiger partial charge in [0.05, 0.1) is 12.5 Å². The first kappa shape index (κ1) is 20.3. The number of rotatable bonds is 5. The summed E-state index contributed by atoms with van der Waals surface area (Å²) in [5.74, 6) is 0.500. The third-order valence-electron chi connectivity index (χ3n) is 5.17. The molecular weight excluding hydrogens is 390 g/mol. The molecule has 4 rings (SSSR count). The van der Waals surface area contributed by atoms with Gasteiger partial charge in [0.1, 0.15) is 11.4 Å². The normalized spacial score (nSPS) is 11.0.